The van der Waals surface area contributed by atoms with Gasteiger partial charge >= 0.3 is 0 Å². The number of aromatic nitrogens is 2. The van der Waals surface area contributed by atoms with Crippen molar-refractivity contribution in [2.75, 3.05) is 23.5 Å². The van der Waals surface area contributed by atoms with E-state index in [1.165, 1.54) is 36.4 Å². The molecule has 2 atom stereocenters. The second-order valence-corrected chi connectivity index (χ2v) is 11.5. The molecule has 2 aromatic carbocycles. The van der Waals surface area contributed by atoms with Crippen LogP contribution in [0.5, 0.6) is 11.5 Å². The summed E-state index contributed by atoms with van der Waals surface area (Å²) in [5, 5.41) is 20.3. The second kappa shape index (κ2) is 12.3. The van der Waals surface area contributed by atoms with Crippen LogP contribution in [0.15, 0.2) is 64.9 Å². The van der Waals surface area contributed by atoms with Gasteiger partial charge in [0.25, 0.3) is 0 Å². The van der Waals surface area contributed by atoms with Gasteiger partial charge in [0.2, 0.25) is 9.84 Å². The van der Waals surface area contributed by atoms with Crippen LogP contribution in [0.25, 0.3) is 0 Å². The van der Waals surface area contributed by atoms with E-state index in [0.717, 1.165) is 0 Å². The monoisotopic (exact) mass is 674 g/mol. The second-order valence-electron chi connectivity index (χ2n) is 7.70. The fourth-order valence-electron chi connectivity index (χ4n) is 2.88. The number of aliphatic hydroxyl groups excluding tert-OH is 1. The van der Waals surface area contributed by atoms with E-state index in [-0.39, 0.29) is 44.7 Å². The third kappa shape index (κ3) is 7.37. The Hall–Kier alpha value is -1.28. The van der Waals surface area contributed by atoms with Gasteiger partial charge in [-0.25, -0.2) is 13.4 Å². The Morgan fingerprint density at radius 2 is 1.77 bits per heavy atom. The van der Waals surface area contributed by atoms with E-state index in [0.29, 0.717) is 16.7 Å². The normalized spacial score (nSPS) is 14.3. The lowest BCUT2D eigenvalue weighted by Gasteiger charge is -2.24. The molecule has 0 fully saturated rings. The predicted molar refractivity (Wildman–Crippen MR) is 142 cm³/mol. The van der Waals surface area contributed by atoms with Crippen molar-refractivity contribution >= 4 is 67.2 Å². The number of aliphatic hydroxyl groups is 2. The van der Waals surface area contributed by atoms with Crippen LogP contribution in [0.2, 0.25) is 10.0 Å². The third-order valence-corrected chi connectivity index (χ3v) is 9.05. The summed E-state index contributed by atoms with van der Waals surface area (Å²) in [6, 6.07) is 8.24. The minimum atomic E-state index is -3.95. The van der Waals surface area contributed by atoms with Crippen molar-refractivity contribution in [1.82, 2.24) is 9.55 Å². The number of nitrogens with zero attached hydrogens (tertiary/aromatic N) is 2. The lowest BCUT2D eigenvalue weighted by molar-refractivity contribution is 0.0385. The van der Waals surface area contributed by atoms with E-state index in [1.54, 1.807) is 23.3 Å². The van der Waals surface area contributed by atoms with Gasteiger partial charge in [0, 0.05) is 16.8 Å². The maximum absolute atomic E-state index is 13.1. The maximum atomic E-state index is 13.1. The molecule has 0 spiro atoms. The first kappa shape index (κ1) is 28.3. The predicted octanol–water partition coefficient (Wildman–Crippen LogP) is 4.25. The molecule has 1 heterocycles. The van der Waals surface area contributed by atoms with Gasteiger partial charge in [-0.15, -0.1) is 11.6 Å². The highest BCUT2D eigenvalue weighted by Crippen LogP contribution is 2.38. The summed E-state index contributed by atoms with van der Waals surface area (Å²) in [5.74, 6) is 0.398. The van der Waals surface area contributed by atoms with Crippen LogP contribution in [0.4, 0.5) is 0 Å². The van der Waals surface area contributed by atoms with Crippen molar-refractivity contribution in [2.45, 2.75) is 28.0 Å². The summed E-state index contributed by atoms with van der Waals surface area (Å²) in [5.41, 5.74) is -1.28. The van der Waals surface area contributed by atoms with Crippen molar-refractivity contribution < 1.29 is 28.1 Å². The highest BCUT2D eigenvalue weighted by atomic mass is 127. The summed E-state index contributed by atoms with van der Waals surface area (Å²) in [7, 11) is -3.95. The number of imidazole rings is 1. The average Bonchev–Trinajstić information content (AvgIpc) is 3.35. The van der Waals surface area contributed by atoms with E-state index < -0.39 is 21.5 Å². The molecule has 1 aromatic heterocycles. The van der Waals surface area contributed by atoms with Gasteiger partial charge in [0.15, 0.2) is 5.75 Å². The molecule has 0 aliphatic carbocycles. The quantitative estimate of drug-likeness (QED) is 0.218. The lowest BCUT2D eigenvalue weighted by Crippen LogP contribution is -2.39. The number of hydrogen-bond donors (Lipinski definition) is 2. The van der Waals surface area contributed by atoms with E-state index in [9.17, 15) is 18.6 Å². The first-order valence-electron chi connectivity index (χ1n) is 10.2. The Morgan fingerprint density at radius 3 is 2.31 bits per heavy atom. The molecular formula is C22H22Cl3IN2O6S. The fourth-order valence-corrected chi connectivity index (χ4v) is 5.90. The number of halogens is 4. The van der Waals surface area contributed by atoms with Crippen molar-refractivity contribution in [2.24, 2.45) is 0 Å². The van der Waals surface area contributed by atoms with Gasteiger partial charge in [-0.1, -0.05) is 45.8 Å². The Morgan fingerprint density at radius 1 is 1.11 bits per heavy atom. The van der Waals surface area contributed by atoms with E-state index >= 15 is 0 Å². The molecule has 35 heavy (non-hydrogen) atoms. The molecule has 0 saturated heterocycles. The highest BCUT2D eigenvalue weighted by molar-refractivity contribution is 14.1. The molecule has 0 bridgehead atoms. The number of hydrogen-bond acceptors (Lipinski definition) is 7. The molecular weight excluding hydrogens is 654 g/mol. The van der Waals surface area contributed by atoms with E-state index in [1.807, 2.05) is 22.6 Å². The first-order chi connectivity index (χ1) is 16.6. The number of rotatable bonds is 12. The summed E-state index contributed by atoms with van der Waals surface area (Å²) < 4.78 is 39.3. The van der Waals surface area contributed by atoms with Gasteiger partial charge in [-0.05, 0) is 36.4 Å². The Kier molecular flexibility index (Phi) is 9.95. The molecule has 13 heteroatoms. The third-order valence-electron chi connectivity index (χ3n) is 4.82. The van der Waals surface area contributed by atoms with E-state index in [4.69, 9.17) is 44.3 Å². The largest absolute Gasteiger partial charge is 0.491 e. The minimum Gasteiger partial charge on any atom is -0.491 e. The van der Waals surface area contributed by atoms with Crippen molar-refractivity contribution in [3.63, 3.8) is 0 Å². The van der Waals surface area contributed by atoms with Crippen LogP contribution in [0.3, 0.4) is 0 Å². The lowest BCUT2D eigenvalue weighted by atomic mass is 10.1. The van der Waals surface area contributed by atoms with Gasteiger partial charge in [0.05, 0.1) is 38.6 Å². The topological polar surface area (TPSA) is 111 Å². The van der Waals surface area contributed by atoms with E-state index in [2.05, 4.69) is 4.98 Å². The SMILES string of the molecule is O=S(=O)(c1ccc(OC[C@H](O)Cn2ccnc2)cc1)c1cc(Cl)c(OCC(O)(CCl)CI)c(Cl)c1. The van der Waals surface area contributed by atoms with Crippen LogP contribution in [-0.2, 0) is 16.4 Å². The molecule has 0 amide bonds. The zero-order chi connectivity index (χ0) is 25.6. The minimum absolute atomic E-state index is 0.00560. The van der Waals surface area contributed by atoms with Crippen molar-refractivity contribution in [3.05, 3.63) is 65.2 Å². The standard InChI is InChI=1S/C22H22Cl3IN2O6S/c23-11-22(30,12-26)13-34-21-19(24)7-18(8-20(21)25)35(31,32)17-3-1-16(2-4-17)33-10-15(29)9-28-6-5-27-14-28/h1-8,14-15,29-30H,9-13H2/t15-,22?/m1/s1. The number of alkyl halides is 2. The van der Waals surface area contributed by atoms with Crippen molar-refractivity contribution in [1.29, 1.82) is 0 Å². The van der Waals surface area contributed by atoms with Crippen molar-refractivity contribution in [3.8, 4) is 11.5 Å². The number of sulfone groups is 1. The van der Waals surface area contributed by atoms with Crippen LogP contribution in [-0.4, -0.2) is 63.4 Å². The number of ether oxygens (including phenoxy) is 2. The molecule has 0 aliphatic heterocycles. The molecule has 0 saturated carbocycles. The highest BCUT2D eigenvalue weighted by Gasteiger charge is 2.27. The molecule has 3 aromatic rings. The zero-order valence-electron chi connectivity index (χ0n) is 18.2. The van der Waals surface area contributed by atoms with Gasteiger partial charge in [-0.3, -0.25) is 0 Å². The summed E-state index contributed by atoms with van der Waals surface area (Å²) in [4.78, 5) is 3.79. The Labute approximate surface area is 231 Å². The average molecular weight is 676 g/mol. The molecule has 0 aliphatic rings. The number of benzene rings is 2. The molecule has 1 unspecified atom stereocenters. The zero-order valence-corrected chi connectivity index (χ0v) is 23.4. The Balaban J connectivity index is 1.69. The first-order valence-corrected chi connectivity index (χ1v) is 14.5. The summed E-state index contributed by atoms with van der Waals surface area (Å²) in [6.07, 6.45) is 4.16. The molecule has 2 N–H and O–H groups in total. The van der Waals surface area contributed by atoms with Crippen LogP contribution in [0.1, 0.15) is 0 Å². The van der Waals surface area contributed by atoms with Crippen LogP contribution < -0.4 is 9.47 Å². The van der Waals surface area contributed by atoms with Gasteiger partial charge in [-0.2, -0.15) is 0 Å². The van der Waals surface area contributed by atoms with Crippen LogP contribution in [0, 0.1) is 0 Å². The summed E-state index contributed by atoms with van der Waals surface area (Å²) >= 11 is 20.3. The smallest absolute Gasteiger partial charge is 0.206 e. The summed E-state index contributed by atoms with van der Waals surface area (Å²) in [6.45, 7) is 0.174. The van der Waals surface area contributed by atoms with Crippen LogP contribution >= 0.6 is 57.4 Å². The molecule has 8 nitrogen and oxygen atoms in total. The maximum Gasteiger partial charge on any atom is 0.206 e. The van der Waals surface area contributed by atoms with Gasteiger partial charge in [0.1, 0.15) is 30.7 Å². The molecule has 0 radical (unpaired) electrons. The fraction of sp³-hybridized carbons (Fsp3) is 0.318. The molecule has 190 valence electrons. The Bertz CT molecular complexity index is 1200. The van der Waals surface area contributed by atoms with Gasteiger partial charge < -0.3 is 24.3 Å². The molecule has 3 rings (SSSR count).